The van der Waals surface area contributed by atoms with Crippen molar-refractivity contribution in [1.29, 1.82) is 0 Å². The predicted octanol–water partition coefficient (Wildman–Crippen LogP) is 1.80. The first-order valence-electron chi connectivity index (χ1n) is 7.99. The number of aliphatic carboxylic acids is 1. The summed E-state index contributed by atoms with van der Waals surface area (Å²) in [6.45, 7) is 1.93. The van der Waals surface area contributed by atoms with Crippen molar-refractivity contribution in [3.63, 3.8) is 0 Å². The van der Waals surface area contributed by atoms with Crippen LogP contribution in [0.2, 0.25) is 0 Å². The van der Waals surface area contributed by atoms with E-state index in [-0.39, 0.29) is 18.9 Å². The molecule has 7 nitrogen and oxygen atoms in total. The largest absolute Gasteiger partial charge is 0.481 e. The third-order valence-corrected chi connectivity index (χ3v) is 4.14. The van der Waals surface area contributed by atoms with E-state index >= 15 is 0 Å². The van der Waals surface area contributed by atoms with Gasteiger partial charge in [-0.25, -0.2) is 4.68 Å². The molecule has 2 N–H and O–H groups in total. The van der Waals surface area contributed by atoms with Crippen LogP contribution in [-0.2, 0) is 16.1 Å². The molecule has 1 saturated carbocycles. The van der Waals surface area contributed by atoms with Crippen LogP contribution in [0.4, 0.5) is 0 Å². The van der Waals surface area contributed by atoms with Crippen LogP contribution in [0.3, 0.4) is 0 Å². The fraction of sp³-hybridized carbons (Fsp3) is 0.412. The molecule has 0 radical (unpaired) electrons. The molecule has 1 fully saturated rings. The molecular formula is C17H20N4O3. The zero-order valence-corrected chi connectivity index (χ0v) is 13.5. The van der Waals surface area contributed by atoms with Gasteiger partial charge in [0, 0.05) is 12.1 Å². The van der Waals surface area contributed by atoms with Crippen molar-refractivity contribution in [2.75, 3.05) is 0 Å². The van der Waals surface area contributed by atoms with Crippen LogP contribution in [0.15, 0.2) is 30.5 Å². The van der Waals surface area contributed by atoms with Crippen molar-refractivity contribution < 1.29 is 14.7 Å². The van der Waals surface area contributed by atoms with E-state index in [1.165, 1.54) is 4.68 Å². The molecule has 3 rings (SSSR count). The molecular weight excluding hydrogens is 308 g/mol. The Labute approximate surface area is 139 Å². The monoisotopic (exact) mass is 328 g/mol. The van der Waals surface area contributed by atoms with E-state index in [2.05, 4.69) is 15.6 Å². The summed E-state index contributed by atoms with van der Waals surface area (Å²) in [5, 5.41) is 20.0. The highest BCUT2D eigenvalue weighted by Gasteiger charge is 2.27. The summed E-state index contributed by atoms with van der Waals surface area (Å²) >= 11 is 0. The Kier molecular flexibility index (Phi) is 4.59. The van der Waals surface area contributed by atoms with E-state index in [1.807, 2.05) is 31.2 Å². The average molecular weight is 328 g/mol. The van der Waals surface area contributed by atoms with Gasteiger partial charge in [0.25, 0.3) is 0 Å². The molecule has 24 heavy (non-hydrogen) atoms. The molecule has 0 spiro atoms. The second kappa shape index (κ2) is 6.82. The van der Waals surface area contributed by atoms with Crippen LogP contribution < -0.4 is 5.32 Å². The average Bonchev–Trinajstić information content (AvgIpc) is 3.27. The standard InChI is InChI=1S/C17H20N4O3/c1-11-4-2-3-5-13(11)14(8-17(23)24)18-16(22)10-21-9-15(19-20-21)12-6-7-12/h2-5,9,12,14H,6-8,10H2,1H3,(H,18,22)(H,23,24)/t14-/m1/s1. The number of nitrogens with one attached hydrogen (secondary N) is 1. The summed E-state index contributed by atoms with van der Waals surface area (Å²) in [5.74, 6) is -0.759. The van der Waals surface area contributed by atoms with E-state index in [1.54, 1.807) is 6.20 Å². The predicted molar refractivity (Wildman–Crippen MR) is 86.3 cm³/mol. The number of rotatable bonds is 7. The smallest absolute Gasteiger partial charge is 0.305 e. The second-order valence-corrected chi connectivity index (χ2v) is 6.19. The summed E-state index contributed by atoms with van der Waals surface area (Å²) < 4.78 is 1.50. The number of amides is 1. The van der Waals surface area contributed by atoms with Gasteiger partial charge in [0.15, 0.2) is 0 Å². The van der Waals surface area contributed by atoms with Crippen LogP contribution in [0.5, 0.6) is 0 Å². The van der Waals surface area contributed by atoms with Crippen molar-refractivity contribution in [2.24, 2.45) is 0 Å². The minimum absolute atomic E-state index is 0.0295. The highest BCUT2D eigenvalue weighted by Crippen LogP contribution is 2.38. The normalized spacial score (nSPS) is 15.0. The number of aryl methyl sites for hydroxylation is 1. The Hall–Kier alpha value is -2.70. The third kappa shape index (κ3) is 3.98. The quantitative estimate of drug-likeness (QED) is 0.808. The molecule has 1 aliphatic rings. The molecule has 0 aliphatic heterocycles. The first-order chi connectivity index (χ1) is 11.5. The summed E-state index contributed by atoms with van der Waals surface area (Å²) in [5.41, 5.74) is 2.68. The van der Waals surface area contributed by atoms with Gasteiger partial charge in [-0.05, 0) is 30.9 Å². The van der Waals surface area contributed by atoms with Crippen molar-refractivity contribution >= 4 is 11.9 Å². The number of benzene rings is 1. The van der Waals surface area contributed by atoms with Crippen molar-refractivity contribution in [1.82, 2.24) is 20.3 Å². The summed E-state index contributed by atoms with van der Waals surface area (Å²) in [6.07, 6.45) is 3.87. The number of carboxylic acids is 1. The van der Waals surface area contributed by atoms with Gasteiger partial charge in [-0.15, -0.1) is 5.10 Å². The van der Waals surface area contributed by atoms with E-state index in [0.29, 0.717) is 5.92 Å². The van der Waals surface area contributed by atoms with E-state index in [9.17, 15) is 9.59 Å². The van der Waals surface area contributed by atoms with Gasteiger partial charge >= 0.3 is 5.97 Å². The van der Waals surface area contributed by atoms with Gasteiger partial charge in [0.2, 0.25) is 5.91 Å². The molecule has 2 aromatic rings. The molecule has 0 saturated heterocycles. The molecule has 0 bridgehead atoms. The lowest BCUT2D eigenvalue weighted by molar-refractivity contribution is -0.137. The van der Waals surface area contributed by atoms with Crippen LogP contribution in [0.25, 0.3) is 0 Å². The zero-order chi connectivity index (χ0) is 17.1. The number of nitrogens with zero attached hydrogens (tertiary/aromatic N) is 3. The van der Waals surface area contributed by atoms with Gasteiger partial charge in [-0.1, -0.05) is 29.5 Å². The van der Waals surface area contributed by atoms with Crippen molar-refractivity contribution in [3.05, 3.63) is 47.3 Å². The maximum Gasteiger partial charge on any atom is 0.305 e. The fourth-order valence-electron chi connectivity index (χ4n) is 2.74. The first kappa shape index (κ1) is 16.2. The number of hydrogen-bond acceptors (Lipinski definition) is 4. The Morgan fingerprint density at radius 2 is 2.12 bits per heavy atom. The van der Waals surface area contributed by atoms with Crippen LogP contribution in [0, 0.1) is 6.92 Å². The number of carbonyl (C=O) groups excluding carboxylic acids is 1. The molecule has 1 aromatic heterocycles. The van der Waals surface area contributed by atoms with Crippen molar-refractivity contribution in [3.8, 4) is 0 Å². The van der Waals surface area contributed by atoms with Gasteiger partial charge in [-0.2, -0.15) is 0 Å². The van der Waals surface area contributed by atoms with Gasteiger partial charge in [-0.3, -0.25) is 9.59 Å². The molecule has 1 aromatic carbocycles. The third-order valence-electron chi connectivity index (χ3n) is 4.14. The minimum Gasteiger partial charge on any atom is -0.481 e. The Morgan fingerprint density at radius 1 is 1.38 bits per heavy atom. The topological polar surface area (TPSA) is 97.1 Å². The molecule has 7 heteroatoms. The van der Waals surface area contributed by atoms with E-state index in [4.69, 9.17) is 5.11 Å². The lowest BCUT2D eigenvalue weighted by Gasteiger charge is -2.19. The summed E-state index contributed by atoms with van der Waals surface area (Å²) in [6, 6.07) is 6.89. The van der Waals surface area contributed by atoms with Gasteiger partial charge in [0.05, 0.1) is 18.2 Å². The molecule has 1 atom stereocenters. The second-order valence-electron chi connectivity index (χ2n) is 6.19. The SMILES string of the molecule is Cc1ccccc1[C@@H](CC(=O)O)NC(=O)Cn1cc(C2CC2)nn1. The number of aromatic nitrogens is 3. The Balaban J connectivity index is 1.68. The number of hydrogen-bond donors (Lipinski definition) is 2. The highest BCUT2D eigenvalue weighted by atomic mass is 16.4. The maximum atomic E-state index is 12.3. The molecule has 126 valence electrons. The highest BCUT2D eigenvalue weighted by molar-refractivity contribution is 5.77. The van der Waals surface area contributed by atoms with Crippen molar-refractivity contribution in [2.45, 2.75) is 44.7 Å². The molecule has 1 amide bonds. The van der Waals surface area contributed by atoms with Crippen LogP contribution in [0.1, 0.15) is 48.0 Å². The number of carboxylic acid groups (broad SMARTS) is 1. The zero-order valence-electron chi connectivity index (χ0n) is 13.5. The Bertz CT molecular complexity index is 752. The molecule has 1 heterocycles. The lowest BCUT2D eigenvalue weighted by atomic mass is 9.99. The molecule has 1 aliphatic carbocycles. The van der Waals surface area contributed by atoms with Gasteiger partial charge < -0.3 is 10.4 Å². The van der Waals surface area contributed by atoms with Gasteiger partial charge in [0.1, 0.15) is 6.54 Å². The lowest BCUT2D eigenvalue weighted by Crippen LogP contribution is -2.33. The minimum atomic E-state index is -0.958. The number of carbonyl (C=O) groups is 2. The van der Waals surface area contributed by atoms with Crippen LogP contribution >= 0.6 is 0 Å². The Morgan fingerprint density at radius 3 is 2.79 bits per heavy atom. The van der Waals surface area contributed by atoms with E-state index < -0.39 is 12.0 Å². The van der Waals surface area contributed by atoms with Crippen LogP contribution in [-0.4, -0.2) is 32.0 Å². The maximum absolute atomic E-state index is 12.3. The fourth-order valence-corrected chi connectivity index (χ4v) is 2.74. The summed E-state index contributed by atoms with van der Waals surface area (Å²) in [7, 11) is 0. The van der Waals surface area contributed by atoms with E-state index in [0.717, 1.165) is 29.7 Å². The molecule has 0 unspecified atom stereocenters. The first-order valence-corrected chi connectivity index (χ1v) is 7.99. The summed E-state index contributed by atoms with van der Waals surface area (Å²) in [4.78, 5) is 23.4.